The summed E-state index contributed by atoms with van der Waals surface area (Å²) in [7, 11) is -2.25. The average Bonchev–Trinajstić information content (AvgIpc) is 2.94. The predicted octanol–water partition coefficient (Wildman–Crippen LogP) is 2.60. The SMILES string of the molecule is CN(CCO)S(=O)(=O)c1ccc(COc2nc(NN=Cc3ccc(Cl)cc3)cc(N3CCOCC3)n2)cc1. The minimum atomic E-state index is -3.68. The zero-order valence-electron chi connectivity index (χ0n) is 20.8. The molecule has 38 heavy (non-hydrogen) atoms. The van der Waals surface area contributed by atoms with Crippen molar-refractivity contribution in [3.63, 3.8) is 0 Å². The molecular formula is C25H29ClN6O5S. The largest absolute Gasteiger partial charge is 0.458 e. The van der Waals surface area contributed by atoms with Gasteiger partial charge in [0, 0.05) is 37.8 Å². The van der Waals surface area contributed by atoms with Crippen molar-refractivity contribution in [2.24, 2.45) is 5.10 Å². The Hall–Kier alpha value is -3.29. The van der Waals surface area contributed by atoms with Gasteiger partial charge in [-0.25, -0.2) is 8.42 Å². The van der Waals surface area contributed by atoms with E-state index in [4.69, 9.17) is 26.2 Å². The molecule has 1 aliphatic heterocycles. The van der Waals surface area contributed by atoms with Gasteiger partial charge < -0.3 is 19.5 Å². The molecule has 2 heterocycles. The van der Waals surface area contributed by atoms with Crippen molar-refractivity contribution in [3.05, 3.63) is 70.7 Å². The highest BCUT2D eigenvalue weighted by Crippen LogP contribution is 2.22. The Balaban J connectivity index is 1.47. The maximum Gasteiger partial charge on any atom is 0.320 e. The Kier molecular flexibility index (Phi) is 9.48. The molecule has 2 aromatic carbocycles. The molecule has 0 bridgehead atoms. The summed E-state index contributed by atoms with van der Waals surface area (Å²) in [6.45, 7) is 2.46. The number of benzene rings is 2. The Labute approximate surface area is 226 Å². The van der Waals surface area contributed by atoms with Gasteiger partial charge in [0.25, 0.3) is 0 Å². The van der Waals surface area contributed by atoms with Crippen molar-refractivity contribution in [2.75, 3.05) is 56.8 Å². The van der Waals surface area contributed by atoms with E-state index in [1.54, 1.807) is 36.5 Å². The second-order valence-corrected chi connectivity index (χ2v) is 10.9. The number of hydrogen-bond acceptors (Lipinski definition) is 10. The number of rotatable bonds is 11. The minimum absolute atomic E-state index is 0.0180. The number of aromatic nitrogens is 2. The lowest BCUT2D eigenvalue weighted by Crippen LogP contribution is -2.36. The molecule has 2 N–H and O–H groups in total. The normalized spacial score (nSPS) is 14.3. The average molecular weight is 561 g/mol. The van der Waals surface area contributed by atoms with Gasteiger partial charge in [0.15, 0.2) is 5.82 Å². The maximum atomic E-state index is 12.6. The summed E-state index contributed by atoms with van der Waals surface area (Å²) in [6.07, 6.45) is 1.65. The van der Waals surface area contributed by atoms with E-state index < -0.39 is 10.0 Å². The second kappa shape index (κ2) is 13.0. The molecule has 0 atom stereocenters. The third-order valence-electron chi connectivity index (χ3n) is 5.70. The Morgan fingerprint density at radius 2 is 1.87 bits per heavy atom. The number of nitrogens with one attached hydrogen (secondary N) is 1. The molecule has 11 nitrogen and oxygen atoms in total. The van der Waals surface area contributed by atoms with Crippen molar-refractivity contribution in [1.29, 1.82) is 0 Å². The molecule has 13 heteroatoms. The molecule has 0 amide bonds. The molecule has 1 fully saturated rings. The van der Waals surface area contributed by atoms with E-state index in [-0.39, 0.29) is 30.7 Å². The van der Waals surface area contributed by atoms with Gasteiger partial charge >= 0.3 is 6.01 Å². The molecule has 0 unspecified atom stereocenters. The molecule has 0 radical (unpaired) electrons. The number of hydrazone groups is 1. The lowest BCUT2D eigenvalue weighted by atomic mass is 10.2. The number of hydrogen-bond donors (Lipinski definition) is 2. The Morgan fingerprint density at radius 3 is 2.55 bits per heavy atom. The zero-order chi connectivity index (χ0) is 27.0. The van der Waals surface area contributed by atoms with Crippen LogP contribution in [0.15, 0.2) is 64.6 Å². The number of morpholine rings is 1. The fourth-order valence-electron chi connectivity index (χ4n) is 3.56. The lowest BCUT2D eigenvalue weighted by molar-refractivity contribution is 0.122. The first-order valence-corrected chi connectivity index (χ1v) is 13.7. The van der Waals surface area contributed by atoms with E-state index in [1.165, 1.54) is 19.2 Å². The number of nitrogens with zero attached hydrogens (tertiary/aromatic N) is 5. The van der Waals surface area contributed by atoms with Crippen LogP contribution in [0, 0.1) is 0 Å². The van der Waals surface area contributed by atoms with Gasteiger partial charge in [-0.2, -0.15) is 19.4 Å². The number of likely N-dealkylation sites (N-methyl/N-ethyl adjacent to an activating group) is 1. The molecule has 0 saturated carbocycles. The van der Waals surface area contributed by atoms with Crippen molar-refractivity contribution in [2.45, 2.75) is 11.5 Å². The predicted molar refractivity (Wildman–Crippen MR) is 145 cm³/mol. The summed E-state index contributed by atoms with van der Waals surface area (Å²) in [5.74, 6) is 1.13. The summed E-state index contributed by atoms with van der Waals surface area (Å²) in [5.41, 5.74) is 4.54. The van der Waals surface area contributed by atoms with E-state index in [9.17, 15) is 8.42 Å². The molecule has 0 spiro atoms. The Bertz CT molecular complexity index is 1330. The fourth-order valence-corrected chi connectivity index (χ4v) is 4.85. The van der Waals surface area contributed by atoms with Crippen LogP contribution in [0.25, 0.3) is 0 Å². The molecule has 1 aliphatic rings. The van der Waals surface area contributed by atoms with Crippen LogP contribution in [0.3, 0.4) is 0 Å². The number of sulfonamides is 1. The summed E-state index contributed by atoms with van der Waals surface area (Å²) in [5, 5.41) is 14.0. The lowest BCUT2D eigenvalue weighted by Gasteiger charge is -2.28. The van der Waals surface area contributed by atoms with E-state index in [2.05, 4.69) is 25.4 Å². The first-order valence-electron chi connectivity index (χ1n) is 11.9. The third-order valence-corrected chi connectivity index (χ3v) is 7.83. The van der Waals surface area contributed by atoms with Gasteiger partial charge in [0.05, 0.1) is 30.9 Å². The van der Waals surface area contributed by atoms with E-state index in [0.717, 1.165) is 15.4 Å². The first-order chi connectivity index (χ1) is 18.3. The van der Waals surface area contributed by atoms with Gasteiger partial charge in [-0.15, -0.1) is 0 Å². The van der Waals surface area contributed by atoms with Gasteiger partial charge in [0.1, 0.15) is 12.4 Å². The summed E-state index contributed by atoms with van der Waals surface area (Å²) in [4.78, 5) is 11.2. The van der Waals surface area contributed by atoms with Crippen LogP contribution in [0.2, 0.25) is 5.02 Å². The number of halogens is 1. The number of anilines is 2. The summed E-state index contributed by atoms with van der Waals surface area (Å²) < 4.78 is 37.5. The molecular weight excluding hydrogens is 532 g/mol. The van der Waals surface area contributed by atoms with Crippen LogP contribution < -0.4 is 15.1 Å². The van der Waals surface area contributed by atoms with Crippen molar-refractivity contribution in [3.8, 4) is 6.01 Å². The van der Waals surface area contributed by atoms with E-state index >= 15 is 0 Å². The number of aliphatic hydroxyl groups is 1. The van der Waals surface area contributed by atoms with Crippen LogP contribution in [0.4, 0.5) is 11.6 Å². The molecule has 202 valence electrons. The van der Waals surface area contributed by atoms with Crippen LogP contribution in [-0.4, -0.2) is 80.5 Å². The van der Waals surface area contributed by atoms with Gasteiger partial charge in [-0.1, -0.05) is 35.9 Å². The van der Waals surface area contributed by atoms with E-state index in [0.29, 0.717) is 43.0 Å². The van der Waals surface area contributed by atoms with Crippen LogP contribution in [0.1, 0.15) is 11.1 Å². The first kappa shape index (κ1) is 27.7. The summed E-state index contributed by atoms with van der Waals surface area (Å²) in [6, 6.07) is 15.6. The van der Waals surface area contributed by atoms with E-state index in [1.807, 2.05) is 12.1 Å². The van der Waals surface area contributed by atoms with Crippen molar-refractivity contribution in [1.82, 2.24) is 14.3 Å². The van der Waals surface area contributed by atoms with Gasteiger partial charge in [-0.3, -0.25) is 5.43 Å². The van der Waals surface area contributed by atoms with Gasteiger partial charge in [-0.05, 0) is 35.4 Å². The smallest absolute Gasteiger partial charge is 0.320 e. The minimum Gasteiger partial charge on any atom is -0.458 e. The number of aliphatic hydroxyl groups excluding tert-OH is 1. The molecule has 1 aromatic heterocycles. The monoisotopic (exact) mass is 560 g/mol. The highest BCUT2D eigenvalue weighted by Gasteiger charge is 2.20. The molecule has 3 aromatic rings. The second-order valence-electron chi connectivity index (χ2n) is 8.40. The highest BCUT2D eigenvalue weighted by molar-refractivity contribution is 7.89. The topological polar surface area (TPSA) is 129 Å². The number of ether oxygens (including phenoxy) is 2. The van der Waals surface area contributed by atoms with Crippen LogP contribution in [0.5, 0.6) is 6.01 Å². The third kappa shape index (κ3) is 7.39. The molecule has 1 saturated heterocycles. The molecule has 4 rings (SSSR count). The van der Waals surface area contributed by atoms with Crippen LogP contribution in [-0.2, 0) is 21.4 Å². The van der Waals surface area contributed by atoms with Gasteiger partial charge in [0.2, 0.25) is 10.0 Å². The zero-order valence-corrected chi connectivity index (χ0v) is 22.4. The summed E-state index contributed by atoms with van der Waals surface area (Å²) >= 11 is 5.93. The van der Waals surface area contributed by atoms with Crippen molar-refractivity contribution < 1.29 is 23.0 Å². The highest BCUT2D eigenvalue weighted by atomic mass is 35.5. The molecule has 0 aliphatic carbocycles. The fraction of sp³-hybridized carbons (Fsp3) is 0.320. The maximum absolute atomic E-state index is 12.6. The quantitative estimate of drug-likeness (QED) is 0.268. The van der Waals surface area contributed by atoms with Crippen molar-refractivity contribution >= 4 is 39.5 Å². The van der Waals surface area contributed by atoms with Crippen LogP contribution >= 0.6 is 11.6 Å². The standard InChI is InChI=1S/C25H29ClN6O5S/c1-31(10-13-33)38(34,35)22-8-4-20(5-9-22)18-37-25-28-23(16-24(29-25)32-11-14-36-15-12-32)30-27-17-19-2-6-21(26)7-3-19/h2-9,16-17,33H,10-15,18H2,1H3,(H,28,29,30). The Morgan fingerprint density at radius 1 is 1.16 bits per heavy atom.